The summed E-state index contributed by atoms with van der Waals surface area (Å²) in [7, 11) is -3.81. The third-order valence-electron chi connectivity index (χ3n) is 3.44. The average molecular weight is 320 g/mol. The molecule has 0 aliphatic heterocycles. The summed E-state index contributed by atoms with van der Waals surface area (Å²) in [5.74, 6) is 0. The third-order valence-corrected chi connectivity index (χ3v) is 4.76. The van der Waals surface area contributed by atoms with Gasteiger partial charge in [-0.05, 0) is 41.3 Å². The van der Waals surface area contributed by atoms with Gasteiger partial charge in [0.1, 0.15) is 4.90 Å². The molecular weight excluding hydrogens is 303 g/mol. The molecule has 0 saturated carbocycles. The summed E-state index contributed by atoms with van der Waals surface area (Å²) in [5, 5.41) is 3.62. The van der Waals surface area contributed by atoms with Crippen molar-refractivity contribution >= 4 is 50.5 Å². The van der Waals surface area contributed by atoms with E-state index in [9.17, 15) is 8.42 Å². The molecule has 3 aromatic rings. The molecule has 0 unspecified atom stereocenters. The fraction of sp³-hybridized carbons (Fsp3) is 0.111. The molecule has 0 spiro atoms. The van der Waals surface area contributed by atoms with E-state index >= 15 is 0 Å². The van der Waals surface area contributed by atoms with Crippen LogP contribution in [0, 0.1) is 0 Å². The fourth-order valence-electron chi connectivity index (χ4n) is 2.40. The topological polar surface area (TPSA) is 43.4 Å². The van der Waals surface area contributed by atoms with Crippen molar-refractivity contribution in [3.63, 3.8) is 0 Å². The first-order valence-electron chi connectivity index (χ1n) is 6.93. The summed E-state index contributed by atoms with van der Waals surface area (Å²) in [6.45, 7) is 5.39. The van der Waals surface area contributed by atoms with Gasteiger partial charge in [-0.15, -0.1) is 0 Å². The van der Waals surface area contributed by atoms with E-state index in [0.29, 0.717) is 11.0 Å². The van der Waals surface area contributed by atoms with Crippen LogP contribution in [0.5, 0.6) is 0 Å². The van der Waals surface area contributed by atoms with E-state index in [1.54, 1.807) is 19.1 Å². The molecule has 3 rings (SSSR count). The zero-order chi connectivity index (χ0) is 15.7. The van der Waals surface area contributed by atoms with Crippen molar-refractivity contribution in [1.29, 1.82) is 0 Å². The van der Waals surface area contributed by atoms with Crippen LogP contribution < -0.4 is 0 Å². The van der Waals surface area contributed by atoms with Crippen LogP contribution in [0.2, 0.25) is 0 Å². The van der Waals surface area contributed by atoms with Crippen LogP contribution in [0.15, 0.2) is 71.6 Å². The van der Waals surface area contributed by atoms with Crippen molar-refractivity contribution in [2.75, 3.05) is 6.61 Å². The molecule has 0 bridgehead atoms. The van der Waals surface area contributed by atoms with Crippen molar-refractivity contribution in [2.45, 2.75) is 11.8 Å². The van der Waals surface area contributed by atoms with Crippen LogP contribution in [-0.4, -0.2) is 33.9 Å². The number of hydrogen-bond donors (Lipinski definition) is 0. The Morgan fingerprint density at radius 2 is 1.61 bits per heavy atom. The van der Waals surface area contributed by atoms with Gasteiger partial charge in [-0.3, -0.25) is 4.18 Å². The zero-order valence-electron chi connectivity index (χ0n) is 12.2. The van der Waals surface area contributed by atoms with E-state index in [4.69, 9.17) is 4.18 Å². The fourth-order valence-corrected chi connectivity index (χ4v) is 3.57. The Bertz CT molecular complexity index is 978. The standard InChI is InChI=1S/C18H16O3S.Li.H/c1-13(2)12-21-22(19,20)18-9-5-8-16-10-14-6-3-4-7-15(14)11-17(16)18;;/h3-11H,1,12H2,2H3;;. The predicted octanol–water partition coefficient (Wildman–Crippen LogP) is 3.63. The molecule has 114 valence electrons. The Morgan fingerprint density at radius 3 is 2.26 bits per heavy atom. The third kappa shape index (κ3) is 3.68. The van der Waals surface area contributed by atoms with Crippen molar-refractivity contribution in [2.24, 2.45) is 0 Å². The van der Waals surface area contributed by atoms with Crippen LogP contribution in [0.4, 0.5) is 0 Å². The van der Waals surface area contributed by atoms with Crippen LogP contribution in [0.3, 0.4) is 0 Å². The second-order valence-corrected chi connectivity index (χ2v) is 6.93. The van der Waals surface area contributed by atoms with Crippen LogP contribution >= 0.6 is 0 Å². The second-order valence-electron chi connectivity index (χ2n) is 5.35. The van der Waals surface area contributed by atoms with Crippen molar-refractivity contribution in [3.8, 4) is 0 Å². The number of fused-ring (bicyclic) bond motifs is 2. The summed E-state index contributed by atoms with van der Waals surface area (Å²) < 4.78 is 29.9. The van der Waals surface area contributed by atoms with E-state index in [1.165, 1.54) is 0 Å². The molecule has 0 N–H and O–H groups in total. The number of benzene rings is 3. The first-order chi connectivity index (χ1) is 10.5. The summed E-state index contributed by atoms with van der Waals surface area (Å²) in [4.78, 5) is 0.192. The van der Waals surface area contributed by atoms with Crippen LogP contribution in [0.25, 0.3) is 21.5 Å². The summed E-state index contributed by atoms with van der Waals surface area (Å²) in [6.07, 6.45) is 0. The average Bonchev–Trinajstić information content (AvgIpc) is 2.50. The van der Waals surface area contributed by atoms with Gasteiger partial charge in [0, 0.05) is 5.39 Å². The molecule has 0 atom stereocenters. The molecule has 0 radical (unpaired) electrons. The molecule has 3 nitrogen and oxygen atoms in total. The van der Waals surface area contributed by atoms with E-state index in [2.05, 4.69) is 6.58 Å². The molecule has 23 heavy (non-hydrogen) atoms. The van der Waals surface area contributed by atoms with Gasteiger partial charge in [-0.1, -0.05) is 48.6 Å². The van der Waals surface area contributed by atoms with Gasteiger partial charge in [0.15, 0.2) is 0 Å². The van der Waals surface area contributed by atoms with Crippen molar-refractivity contribution in [3.05, 3.63) is 66.7 Å². The molecule has 5 heteroatoms. The summed E-state index contributed by atoms with van der Waals surface area (Å²) in [5.41, 5.74) is 0.661. The van der Waals surface area contributed by atoms with E-state index in [1.807, 2.05) is 42.5 Å². The molecule has 0 saturated heterocycles. The number of hydrogen-bond acceptors (Lipinski definition) is 3. The Hall–Kier alpha value is -1.57. The van der Waals surface area contributed by atoms with Gasteiger partial charge in [0.2, 0.25) is 0 Å². The van der Waals surface area contributed by atoms with Gasteiger partial charge in [-0.2, -0.15) is 8.42 Å². The normalized spacial score (nSPS) is 11.3. The zero-order valence-corrected chi connectivity index (χ0v) is 13.1. The van der Waals surface area contributed by atoms with Crippen molar-refractivity contribution in [1.82, 2.24) is 0 Å². The molecule has 0 fully saturated rings. The maximum atomic E-state index is 12.4. The molecular formula is C18H17LiO3S. The molecule has 0 amide bonds. The quantitative estimate of drug-likeness (QED) is 0.319. The van der Waals surface area contributed by atoms with Gasteiger partial charge < -0.3 is 0 Å². The Balaban J connectivity index is 0.00000192. The monoisotopic (exact) mass is 320 g/mol. The van der Waals surface area contributed by atoms with E-state index in [-0.39, 0.29) is 30.4 Å². The molecule has 0 aromatic heterocycles. The van der Waals surface area contributed by atoms with E-state index < -0.39 is 10.1 Å². The second kappa shape index (κ2) is 6.90. The summed E-state index contributed by atoms with van der Waals surface area (Å²) >= 11 is 0. The predicted molar refractivity (Wildman–Crippen MR) is 96.6 cm³/mol. The van der Waals surface area contributed by atoms with Gasteiger partial charge >= 0.3 is 18.9 Å². The SMILES string of the molecule is C=C(C)COS(=O)(=O)c1cccc2cc3ccccc3cc12.[LiH]. The molecule has 0 aliphatic rings. The van der Waals surface area contributed by atoms with Crippen LogP contribution in [0.1, 0.15) is 6.92 Å². The molecule has 0 aliphatic carbocycles. The van der Waals surface area contributed by atoms with Crippen LogP contribution in [-0.2, 0) is 14.3 Å². The van der Waals surface area contributed by atoms with Crippen molar-refractivity contribution < 1.29 is 12.6 Å². The number of rotatable bonds is 4. The minimum atomic E-state index is -3.81. The first-order valence-corrected chi connectivity index (χ1v) is 8.33. The van der Waals surface area contributed by atoms with Gasteiger partial charge in [0.05, 0.1) is 6.61 Å². The Kier molecular flexibility index (Phi) is 5.33. The maximum absolute atomic E-state index is 12.4. The Morgan fingerprint density at radius 1 is 1.00 bits per heavy atom. The van der Waals surface area contributed by atoms with Gasteiger partial charge in [-0.25, -0.2) is 0 Å². The van der Waals surface area contributed by atoms with Gasteiger partial charge in [0.25, 0.3) is 10.1 Å². The first kappa shape index (κ1) is 17.8. The Labute approximate surface area is 148 Å². The van der Waals surface area contributed by atoms with E-state index in [0.717, 1.165) is 16.2 Å². The molecule has 0 heterocycles. The minimum absolute atomic E-state index is 0. The summed E-state index contributed by atoms with van der Waals surface area (Å²) in [6, 6.07) is 17.0. The molecule has 3 aromatic carbocycles.